The summed E-state index contributed by atoms with van der Waals surface area (Å²) in [7, 11) is 4.14. The Labute approximate surface area is 198 Å². The van der Waals surface area contributed by atoms with Crippen LogP contribution in [0.15, 0.2) is 12.1 Å². The summed E-state index contributed by atoms with van der Waals surface area (Å²) >= 11 is 0. The Hall–Kier alpha value is -1.30. The first-order valence-corrected chi connectivity index (χ1v) is 13.1. The first kappa shape index (κ1) is 22.2. The number of benzene rings is 1. The van der Waals surface area contributed by atoms with Crippen molar-refractivity contribution in [3.8, 4) is 11.5 Å². The summed E-state index contributed by atoms with van der Waals surface area (Å²) in [6, 6.07) is 4.38. The standard InChI is InChI=1S/C28H41NO4/c1-6-11-27-22-18-9-10-19(30)23(22)33-24(27)28(32-5)13-12-26(27,15-20(28)25(2,3)31)21(14-18)29(4)16-17-7-8-17/h9-10,17,20-21,24,30-31H,6-8,11-16H2,1-5H3/t20-,21?,24?,26-,27+,28-/m1/s1. The lowest BCUT2D eigenvalue weighted by Gasteiger charge is -2.72. The molecule has 1 heterocycles. The summed E-state index contributed by atoms with van der Waals surface area (Å²) in [6.45, 7) is 7.34. The van der Waals surface area contributed by atoms with Crippen molar-refractivity contribution in [1.29, 1.82) is 0 Å². The lowest BCUT2D eigenvalue weighted by molar-refractivity contribution is -0.290. The number of phenolic OH excluding ortho intramolecular Hbond substituents is 1. The molecule has 6 atom stereocenters. The Bertz CT molecular complexity index is 967. The van der Waals surface area contributed by atoms with E-state index in [1.807, 2.05) is 27.0 Å². The Morgan fingerprint density at radius 2 is 2.00 bits per heavy atom. The van der Waals surface area contributed by atoms with Crippen LogP contribution in [0.4, 0.5) is 0 Å². The lowest BCUT2D eigenvalue weighted by atomic mass is 9.34. The summed E-state index contributed by atoms with van der Waals surface area (Å²) < 4.78 is 13.3. The number of phenols is 1. The van der Waals surface area contributed by atoms with E-state index in [1.54, 1.807) is 0 Å². The number of hydrogen-bond donors (Lipinski definition) is 2. The van der Waals surface area contributed by atoms with Gasteiger partial charge in [0.05, 0.1) is 5.60 Å². The maximum atomic E-state index is 11.5. The number of likely N-dealkylation sites (N-methyl/N-ethyl adjacent to an activating group) is 1. The van der Waals surface area contributed by atoms with Gasteiger partial charge in [-0.15, -0.1) is 0 Å². The van der Waals surface area contributed by atoms with E-state index >= 15 is 0 Å². The van der Waals surface area contributed by atoms with E-state index in [0.29, 0.717) is 11.8 Å². The smallest absolute Gasteiger partial charge is 0.165 e. The topological polar surface area (TPSA) is 62.2 Å². The molecule has 0 aromatic heterocycles. The molecule has 1 aromatic rings. The molecule has 4 saturated carbocycles. The first-order chi connectivity index (χ1) is 15.6. The van der Waals surface area contributed by atoms with Gasteiger partial charge in [-0.2, -0.15) is 0 Å². The van der Waals surface area contributed by atoms with Gasteiger partial charge < -0.3 is 24.6 Å². The fraction of sp³-hybridized carbons (Fsp3) is 0.786. The van der Waals surface area contributed by atoms with Gasteiger partial charge in [-0.3, -0.25) is 0 Å². The van der Waals surface area contributed by atoms with Crippen molar-refractivity contribution in [1.82, 2.24) is 4.90 Å². The maximum Gasteiger partial charge on any atom is 0.165 e. The van der Waals surface area contributed by atoms with Crippen molar-refractivity contribution in [2.45, 2.75) is 101 Å². The molecule has 6 aliphatic rings. The molecule has 1 spiro atoms. The van der Waals surface area contributed by atoms with Crippen molar-refractivity contribution in [3.63, 3.8) is 0 Å². The monoisotopic (exact) mass is 455 g/mol. The van der Waals surface area contributed by atoms with Crippen LogP contribution in [0.1, 0.15) is 76.8 Å². The predicted octanol–water partition coefficient (Wildman–Crippen LogP) is 4.41. The first-order valence-electron chi connectivity index (χ1n) is 13.1. The number of hydrogen-bond acceptors (Lipinski definition) is 5. The number of aliphatic hydroxyl groups is 1. The molecule has 2 unspecified atom stereocenters. The zero-order chi connectivity index (χ0) is 23.4. The molecule has 2 bridgehead atoms. The minimum atomic E-state index is -0.873. The second-order valence-corrected chi connectivity index (χ2v) is 12.5. The van der Waals surface area contributed by atoms with Gasteiger partial charge in [0.15, 0.2) is 11.5 Å². The largest absolute Gasteiger partial charge is 0.504 e. The van der Waals surface area contributed by atoms with Gasteiger partial charge in [0.1, 0.15) is 11.7 Å². The minimum Gasteiger partial charge on any atom is -0.504 e. The zero-order valence-electron chi connectivity index (χ0n) is 21.0. The van der Waals surface area contributed by atoms with Crippen LogP contribution >= 0.6 is 0 Å². The number of aromatic hydroxyl groups is 1. The molecule has 5 heteroatoms. The number of ether oxygens (including phenoxy) is 2. The van der Waals surface area contributed by atoms with Crippen LogP contribution in [0.3, 0.4) is 0 Å². The molecule has 2 N–H and O–H groups in total. The third kappa shape index (κ3) is 2.60. The maximum absolute atomic E-state index is 11.5. The van der Waals surface area contributed by atoms with Gasteiger partial charge in [-0.05, 0) is 83.4 Å². The van der Waals surface area contributed by atoms with E-state index in [1.165, 1.54) is 24.0 Å². The molecule has 0 amide bonds. The van der Waals surface area contributed by atoms with Gasteiger partial charge >= 0.3 is 0 Å². The lowest BCUT2D eigenvalue weighted by Crippen LogP contribution is -2.80. The normalized spacial score (nSPS) is 40.8. The van der Waals surface area contributed by atoms with E-state index < -0.39 is 11.2 Å². The molecule has 5 aliphatic carbocycles. The van der Waals surface area contributed by atoms with Gasteiger partial charge in [0.25, 0.3) is 0 Å². The third-order valence-corrected chi connectivity index (χ3v) is 10.5. The molecular formula is C28H41NO4. The molecule has 0 saturated heterocycles. The van der Waals surface area contributed by atoms with Crippen molar-refractivity contribution >= 4 is 0 Å². The summed E-state index contributed by atoms with van der Waals surface area (Å²) in [6.07, 6.45) is 8.51. The van der Waals surface area contributed by atoms with Crippen molar-refractivity contribution in [3.05, 3.63) is 23.3 Å². The highest BCUT2D eigenvalue weighted by Gasteiger charge is 2.80. The molecule has 1 aromatic carbocycles. The molecule has 5 nitrogen and oxygen atoms in total. The highest BCUT2D eigenvalue weighted by atomic mass is 16.6. The average Bonchev–Trinajstić information content (AvgIpc) is 3.51. The van der Waals surface area contributed by atoms with Crippen LogP contribution in [0, 0.1) is 17.3 Å². The van der Waals surface area contributed by atoms with E-state index in [9.17, 15) is 10.2 Å². The fourth-order valence-electron chi connectivity index (χ4n) is 9.23. The molecule has 7 rings (SSSR count). The van der Waals surface area contributed by atoms with Gasteiger partial charge in [0.2, 0.25) is 0 Å². The van der Waals surface area contributed by atoms with E-state index in [0.717, 1.165) is 51.0 Å². The predicted molar refractivity (Wildman–Crippen MR) is 128 cm³/mol. The van der Waals surface area contributed by atoms with Crippen molar-refractivity contribution in [2.24, 2.45) is 17.3 Å². The van der Waals surface area contributed by atoms with Crippen molar-refractivity contribution < 1.29 is 19.7 Å². The van der Waals surface area contributed by atoms with Gasteiger partial charge in [0, 0.05) is 42.0 Å². The van der Waals surface area contributed by atoms with Crippen molar-refractivity contribution in [2.75, 3.05) is 20.7 Å². The van der Waals surface area contributed by atoms with Crippen LogP contribution in [0.25, 0.3) is 0 Å². The average molecular weight is 456 g/mol. The van der Waals surface area contributed by atoms with Crippen LogP contribution in [0.5, 0.6) is 11.5 Å². The van der Waals surface area contributed by atoms with Gasteiger partial charge in [-0.25, -0.2) is 0 Å². The Kier molecular flexibility index (Phi) is 4.63. The molecule has 4 fully saturated rings. The Morgan fingerprint density at radius 1 is 1.24 bits per heavy atom. The van der Waals surface area contributed by atoms with Crippen LogP contribution in [-0.2, 0) is 16.6 Å². The molecular weight excluding hydrogens is 414 g/mol. The van der Waals surface area contributed by atoms with Crippen LogP contribution in [-0.4, -0.2) is 59.2 Å². The highest BCUT2D eigenvalue weighted by molar-refractivity contribution is 5.62. The second-order valence-electron chi connectivity index (χ2n) is 12.5. The molecule has 0 radical (unpaired) electrons. The van der Waals surface area contributed by atoms with Crippen LogP contribution in [0.2, 0.25) is 0 Å². The minimum absolute atomic E-state index is 0.00565. The van der Waals surface area contributed by atoms with E-state index in [-0.39, 0.29) is 28.6 Å². The Balaban J connectivity index is 1.62. The number of rotatable bonds is 7. The third-order valence-electron chi connectivity index (χ3n) is 10.5. The molecule has 1 aliphatic heterocycles. The Morgan fingerprint density at radius 3 is 2.64 bits per heavy atom. The SMILES string of the molecule is CCC[C@]12c3c4ccc(O)c3OC1[C@@]1(OC)CC[C@@]2(C[C@@H]1C(C)(C)O)C(N(C)CC1CC1)C4. The van der Waals surface area contributed by atoms with Gasteiger partial charge in [-0.1, -0.05) is 19.4 Å². The fourth-order valence-corrected chi connectivity index (χ4v) is 9.23. The second kappa shape index (κ2) is 6.89. The summed E-state index contributed by atoms with van der Waals surface area (Å²) in [5.41, 5.74) is 0.976. The quantitative estimate of drug-likeness (QED) is 0.638. The summed E-state index contributed by atoms with van der Waals surface area (Å²) in [5.74, 6) is 1.76. The molecule has 182 valence electrons. The summed E-state index contributed by atoms with van der Waals surface area (Å²) in [4.78, 5) is 2.66. The number of nitrogens with zero attached hydrogens (tertiary/aromatic N) is 1. The number of methoxy groups -OCH3 is 1. The van der Waals surface area contributed by atoms with E-state index in [2.05, 4.69) is 24.9 Å². The summed E-state index contributed by atoms with van der Waals surface area (Å²) in [5, 5.41) is 22.4. The zero-order valence-corrected chi connectivity index (χ0v) is 21.0. The number of fused-ring (bicyclic) bond motifs is 2. The van der Waals surface area contributed by atoms with E-state index in [4.69, 9.17) is 9.47 Å². The highest BCUT2D eigenvalue weighted by Crippen LogP contribution is 2.76. The molecule has 33 heavy (non-hydrogen) atoms. The van der Waals surface area contributed by atoms with Crippen LogP contribution < -0.4 is 4.74 Å².